The lowest BCUT2D eigenvalue weighted by molar-refractivity contribution is 0.139. The first-order valence-electron chi connectivity index (χ1n) is 5.76. The smallest absolute Gasteiger partial charge is 0.161 e. The molecule has 1 atom stereocenters. The lowest BCUT2D eigenvalue weighted by Crippen LogP contribution is -2.35. The predicted octanol–water partition coefficient (Wildman–Crippen LogP) is 1.39. The van der Waals surface area contributed by atoms with Crippen molar-refractivity contribution in [1.29, 1.82) is 0 Å². The zero-order chi connectivity index (χ0) is 12.7. The molecule has 17 heavy (non-hydrogen) atoms. The molecule has 0 spiro atoms. The third kappa shape index (κ3) is 4.24. The van der Waals surface area contributed by atoms with Gasteiger partial charge in [-0.15, -0.1) is 0 Å². The van der Waals surface area contributed by atoms with Gasteiger partial charge in [0.2, 0.25) is 0 Å². The molecule has 0 radical (unpaired) electrons. The summed E-state index contributed by atoms with van der Waals surface area (Å²) in [5, 5.41) is 9.00. The minimum absolute atomic E-state index is 0.149. The predicted molar refractivity (Wildman–Crippen MR) is 67.7 cm³/mol. The van der Waals surface area contributed by atoms with E-state index in [0.29, 0.717) is 6.61 Å². The molecule has 1 rings (SSSR count). The number of hydrogen-bond donors (Lipinski definition) is 1. The average Bonchev–Trinajstić information content (AvgIpc) is 2.38. The van der Waals surface area contributed by atoms with E-state index in [9.17, 15) is 0 Å². The molecule has 1 N–H and O–H groups in total. The van der Waals surface area contributed by atoms with Crippen LogP contribution in [0.1, 0.15) is 6.92 Å². The van der Waals surface area contributed by atoms with E-state index in [4.69, 9.17) is 14.6 Å². The van der Waals surface area contributed by atoms with Crippen molar-refractivity contribution in [3.05, 3.63) is 24.3 Å². The van der Waals surface area contributed by atoms with Gasteiger partial charge in [0.05, 0.1) is 13.7 Å². The Morgan fingerprint density at radius 3 is 2.53 bits per heavy atom. The highest BCUT2D eigenvalue weighted by molar-refractivity contribution is 5.39. The number of rotatable bonds is 7. The van der Waals surface area contributed by atoms with Crippen molar-refractivity contribution in [2.75, 3.05) is 33.9 Å². The molecular weight excluding hydrogens is 218 g/mol. The zero-order valence-electron chi connectivity index (χ0n) is 10.7. The summed E-state index contributed by atoms with van der Waals surface area (Å²) in [5.41, 5.74) is 0. The second-order valence-corrected chi connectivity index (χ2v) is 4.01. The molecule has 4 heteroatoms. The summed E-state index contributed by atoms with van der Waals surface area (Å²) in [7, 11) is 3.59. The molecule has 0 aliphatic rings. The summed E-state index contributed by atoms with van der Waals surface area (Å²) < 4.78 is 10.8. The van der Waals surface area contributed by atoms with Crippen LogP contribution >= 0.6 is 0 Å². The van der Waals surface area contributed by atoms with E-state index in [1.807, 2.05) is 38.2 Å². The second kappa shape index (κ2) is 7.14. The molecule has 0 saturated heterocycles. The van der Waals surface area contributed by atoms with Crippen LogP contribution in [0, 0.1) is 0 Å². The number of nitrogens with zero attached hydrogens (tertiary/aromatic N) is 1. The van der Waals surface area contributed by atoms with Gasteiger partial charge in [-0.2, -0.15) is 0 Å². The van der Waals surface area contributed by atoms with Crippen LogP contribution in [0.15, 0.2) is 24.3 Å². The third-order valence-corrected chi connectivity index (χ3v) is 2.79. The van der Waals surface area contributed by atoms with Gasteiger partial charge in [-0.05, 0) is 26.1 Å². The first-order chi connectivity index (χ1) is 8.19. The highest BCUT2D eigenvalue weighted by Gasteiger charge is 2.08. The summed E-state index contributed by atoms with van der Waals surface area (Å²) in [6.07, 6.45) is 0. The van der Waals surface area contributed by atoms with E-state index in [-0.39, 0.29) is 12.6 Å². The SMILES string of the molecule is COc1ccccc1OCCN(C)C(C)CO. The molecule has 1 aromatic carbocycles. The summed E-state index contributed by atoms with van der Waals surface area (Å²) in [6, 6.07) is 7.73. The highest BCUT2D eigenvalue weighted by atomic mass is 16.5. The molecule has 0 aliphatic heterocycles. The molecule has 96 valence electrons. The van der Waals surface area contributed by atoms with Gasteiger partial charge in [0, 0.05) is 12.6 Å². The Labute approximate surface area is 103 Å². The van der Waals surface area contributed by atoms with Crippen molar-refractivity contribution < 1.29 is 14.6 Å². The third-order valence-electron chi connectivity index (χ3n) is 2.79. The first kappa shape index (κ1) is 13.8. The number of para-hydroxylation sites is 2. The van der Waals surface area contributed by atoms with Gasteiger partial charge in [0.1, 0.15) is 6.61 Å². The minimum atomic E-state index is 0.149. The Hall–Kier alpha value is -1.26. The van der Waals surface area contributed by atoms with Crippen molar-refractivity contribution in [2.45, 2.75) is 13.0 Å². The Bertz CT molecular complexity index is 330. The van der Waals surface area contributed by atoms with Gasteiger partial charge >= 0.3 is 0 Å². The van der Waals surface area contributed by atoms with Crippen LogP contribution in [0.4, 0.5) is 0 Å². The van der Waals surface area contributed by atoms with E-state index in [0.717, 1.165) is 18.0 Å². The Balaban J connectivity index is 2.40. The van der Waals surface area contributed by atoms with E-state index < -0.39 is 0 Å². The first-order valence-corrected chi connectivity index (χ1v) is 5.76. The fourth-order valence-electron chi connectivity index (χ4n) is 1.40. The molecule has 1 unspecified atom stereocenters. The van der Waals surface area contributed by atoms with Crippen LogP contribution in [0.25, 0.3) is 0 Å². The van der Waals surface area contributed by atoms with Crippen LogP contribution in [-0.4, -0.2) is 50.0 Å². The number of benzene rings is 1. The maximum absolute atomic E-state index is 9.00. The fraction of sp³-hybridized carbons (Fsp3) is 0.538. The molecule has 4 nitrogen and oxygen atoms in total. The summed E-state index contributed by atoms with van der Waals surface area (Å²) >= 11 is 0. The van der Waals surface area contributed by atoms with Gasteiger partial charge in [0.15, 0.2) is 11.5 Å². The fourth-order valence-corrected chi connectivity index (χ4v) is 1.40. The van der Waals surface area contributed by atoms with Crippen LogP contribution in [0.3, 0.4) is 0 Å². The molecule has 0 amide bonds. The Morgan fingerprint density at radius 2 is 1.94 bits per heavy atom. The summed E-state index contributed by atoms with van der Waals surface area (Å²) in [6.45, 7) is 3.47. The van der Waals surface area contributed by atoms with Crippen molar-refractivity contribution in [3.63, 3.8) is 0 Å². The van der Waals surface area contributed by atoms with Crippen LogP contribution < -0.4 is 9.47 Å². The Morgan fingerprint density at radius 1 is 1.29 bits per heavy atom. The number of likely N-dealkylation sites (N-methyl/N-ethyl adjacent to an activating group) is 1. The molecule has 1 aromatic rings. The number of aliphatic hydroxyl groups is 1. The number of ether oxygens (including phenoxy) is 2. The number of aliphatic hydroxyl groups excluding tert-OH is 1. The monoisotopic (exact) mass is 239 g/mol. The van der Waals surface area contributed by atoms with E-state index in [2.05, 4.69) is 4.90 Å². The quantitative estimate of drug-likeness (QED) is 0.780. The summed E-state index contributed by atoms with van der Waals surface area (Å²) in [4.78, 5) is 2.05. The van der Waals surface area contributed by atoms with Crippen LogP contribution in [0.2, 0.25) is 0 Å². The lowest BCUT2D eigenvalue weighted by atomic mass is 10.3. The molecular formula is C13H21NO3. The van der Waals surface area contributed by atoms with Crippen molar-refractivity contribution in [1.82, 2.24) is 4.90 Å². The lowest BCUT2D eigenvalue weighted by Gasteiger charge is -2.22. The Kier molecular flexibility index (Phi) is 5.80. The highest BCUT2D eigenvalue weighted by Crippen LogP contribution is 2.25. The van der Waals surface area contributed by atoms with Crippen LogP contribution in [0.5, 0.6) is 11.5 Å². The molecule has 0 bridgehead atoms. The molecule has 0 aliphatic carbocycles. The molecule has 0 heterocycles. The largest absolute Gasteiger partial charge is 0.493 e. The van der Waals surface area contributed by atoms with E-state index in [1.165, 1.54) is 0 Å². The molecule has 0 fully saturated rings. The van der Waals surface area contributed by atoms with E-state index in [1.54, 1.807) is 7.11 Å². The minimum Gasteiger partial charge on any atom is -0.493 e. The maximum Gasteiger partial charge on any atom is 0.161 e. The van der Waals surface area contributed by atoms with Gasteiger partial charge in [-0.3, -0.25) is 4.90 Å². The summed E-state index contributed by atoms with van der Waals surface area (Å²) in [5.74, 6) is 1.49. The molecule has 0 saturated carbocycles. The average molecular weight is 239 g/mol. The van der Waals surface area contributed by atoms with Gasteiger partial charge in [-0.25, -0.2) is 0 Å². The van der Waals surface area contributed by atoms with Gasteiger partial charge in [0.25, 0.3) is 0 Å². The maximum atomic E-state index is 9.00. The number of hydrogen-bond acceptors (Lipinski definition) is 4. The van der Waals surface area contributed by atoms with Crippen LogP contribution in [-0.2, 0) is 0 Å². The van der Waals surface area contributed by atoms with Gasteiger partial charge < -0.3 is 14.6 Å². The van der Waals surface area contributed by atoms with E-state index >= 15 is 0 Å². The normalized spacial score (nSPS) is 12.5. The van der Waals surface area contributed by atoms with Gasteiger partial charge in [-0.1, -0.05) is 12.1 Å². The van der Waals surface area contributed by atoms with Crippen molar-refractivity contribution >= 4 is 0 Å². The van der Waals surface area contributed by atoms with Crippen molar-refractivity contribution in [3.8, 4) is 11.5 Å². The standard InChI is InChI=1S/C13H21NO3/c1-11(10-15)14(2)8-9-17-13-7-5-4-6-12(13)16-3/h4-7,11,15H,8-10H2,1-3H3. The van der Waals surface area contributed by atoms with Crippen molar-refractivity contribution in [2.24, 2.45) is 0 Å². The second-order valence-electron chi connectivity index (χ2n) is 4.01. The molecule has 0 aromatic heterocycles. The number of methoxy groups -OCH3 is 1. The zero-order valence-corrected chi connectivity index (χ0v) is 10.7. The topological polar surface area (TPSA) is 41.9 Å².